The van der Waals surface area contributed by atoms with E-state index >= 15 is 0 Å². The molecule has 0 fully saturated rings. The summed E-state index contributed by atoms with van der Waals surface area (Å²) in [5.41, 5.74) is 1.71. The Kier molecular flexibility index (Phi) is 14.9. The summed E-state index contributed by atoms with van der Waals surface area (Å²) in [6, 6.07) is 11.4. The molecule has 0 aliphatic heterocycles. The van der Waals surface area contributed by atoms with Crippen LogP contribution in [0.1, 0.15) is 52.8 Å². The van der Waals surface area contributed by atoms with Crippen LogP contribution in [0.25, 0.3) is 0 Å². The molecule has 0 atom stereocenters. The van der Waals surface area contributed by atoms with Gasteiger partial charge in [0.25, 0.3) is 0 Å². The molecule has 0 amide bonds. The topological polar surface area (TPSA) is 22.1 Å². The van der Waals surface area contributed by atoms with Gasteiger partial charge in [0.1, 0.15) is 5.75 Å². The minimum Gasteiger partial charge on any atom is -0.439 e. The highest BCUT2D eigenvalue weighted by atomic mass is 35.5. The molecule has 0 unspecified atom stereocenters. The Balaban J connectivity index is 0. The van der Waals surface area contributed by atoms with Gasteiger partial charge in [-0.1, -0.05) is 71.3 Å². The molecule has 0 radical (unpaired) electrons. The van der Waals surface area contributed by atoms with Crippen LogP contribution >= 0.6 is 11.6 Å². The van der Waals surface area contributed by atoms with Crippen LogP contribution in [0.3, 0.4) is 0 Å². The molecule has 22 heavy (non-hydrogen) atoms. The van der Waals surface area contributed by atoms with Gasteiger partial charge in [-0.3, -0.25) is 0 Å². The van der Waals surface area contributed by atoms with Crippen molar-refractivity contribution < 1.29 is 4.74 Å². The molecule has 2 rings (SSSR count). The van der Waals surface area contributed by atoms with E-state index in [0.717, 1.165) is 17.0 Å². The molecule has 2 aromatic rings. The van der Waals surface area contributed by atoms with Gasteiger partial charge in [0.15, 0.2) is 0 Å². The Morgan fingerprint density at radius 1 is 0.864 bits per heavy atom. The molecular weight excluding hydrogens is 294 g/mol. The van der Waals surface area contributed by atoms with Crippen molar-refractivity contribution in [3.8, 4) is 11.6 Å². The van der Waals surface area contributed by atoms with E-state index in [4.69, 9.17) is 16.3 Å². The van der Waals surface area contributed by atoms with Crippen molar-refractivity contribution >= 4 is 11.6 Å². The maximum absolute atomic E-state index is 6.07. The highest BCUT2D eigenvalue weighted by molar-refractivity contribution is 6.31. The molecule has 3 heteroatoms. The first-order valence-electron chi connectivity index (χ1n) is 8.03. The summed E-state index contributed by atoms with van der Waals surface area (Å²) in [6.07, 6.45) is 0. The fourth-order valence-corrected chi connectivity index (χ4v) is 1.61. The van der Waals surface area contributed by atoms with Crippen molar-refractivity contribution in [1.29, 1.82) is 0 Å². The average molecular weight is 324 g/mol. The lowest BCUT2D eigenvalue weighted by Gasteiger charge is -2.09. The van der Waals surface area contributed by atoms with Gasteiger partial charge in [-0.2, -0.15) is 0 Å². The van der Waals surface area contributed by atoms with Crippen LogP contribution in [0.5, 0.6) is 11.6 Å². The monoisotopic (exact) mass is 323 g/mol. The lowest BCUT2D eigenvalue weighted by atomic mass is 10.2. The number of benzene rings is 1. The van der Waals surface area contributed by atoms with Crippen molar-refractivity contribution in [2.45, 2.75) is 55.4 Å². The Labute approximate surface area is 141 Å². The van der Waals surface area contributed by atoms with Crippen molar-refractivity contribution in [2.75, 3.05) is 0 Å². The number of halogens is 1. The molecule has 2 nitrogen and oxygen atoms in total. The van der Waals surface area contributed by atoms with E-state index in [-0.39, 0.29) is 0 Å². The molecule has 1 aromatic heterocycles. The minimum atomic E-state index is 0.566. The van der Waals surface area contributed by atoms with Crippen molar-refractivity contribution in [3.63, 3.8) is 0 Å². The Bertz CT molecular complexity index is 498. The number of aromatic nitrogens is 1. The number of para-hydroxylation sites is 1. The van der Waals surface area contributed by atoms with Gasteiger partial charge in [-0.15, -0.1) is 0 Å². The third-order valence-electron chi connectivity index (χ3n) is 2.25. The van der Waals surface area contributed by atoms with Gasteiger partial charge in [-0.05, 0) is 32.0 Å². The molecule has 0 N–H and O–H groups in total. The Morgan fingerprint density at radius 3 is 1.86 bits per heavy atom. The molecule has 124 valence electrons. The number of hydrogen-bond donors (Lipinski definition) is 0. The summed E-state index contributed by atoms with van der Waals surface area (Å²) in [7, 11) is 0. The SMILES string of the molecule is CC.CC.CC.Cc1cc(Cl)c(C)c(Oc2ccccc2)n1. The number of pyridine rings is 1. The largest absolute Gasteiger partial charge is 0.439 e. The van der Waals surface area contributed by atoms with E-state index in [9.17, 15) is 0 Å². The number of hydrogen-bond acceptors (Lipinski definition) is 2. The highest BCUT2D eigenvalue weighted by Gasteiger charge is 2.07. The predicted octanol–water partition coefficient (Wildman–Crippen LogP) is 7.22. The van der Waals surface area contributed by atoms with Gasteiger partial charge in [0, 0.05) is 11.3 Å². The molecule has 0 saturated carbocycles. The van der Waals surface area contributed by atoms with Gasteiger partial charge in [0.2, 0.25) is 5.88 Å². The number of ether oxygens (including phenoxy) is 1. The van der Waals surface area contributed by atoms with Crippen LogP contribution in [-0.4, -0.2) is 4.98 Å². The first-order valence-corrected chi connectivity index (χ1v) is 8.41. The first kappa shape index (κ1) is 22.7. The first-order chi connectivity index (χ1) is 10.7. The van der Waals surface area contributed by atoms with Gasteiger partial charge >= 0.3 is 0 Å². The Hall–Kier alpha value is -1.54. The molecule has 0 saturated heterocycles. The van der Waals surface area contributed by atoms with Crippen LogP contribution in [0.4, 0.5) is 0 Å². The van der Waals surface area contributed by atoms with Gasteiger partial charge in [0.05, 0.1) is 5.02 Å². The summed E-state index contributed by atoms with van der Waals surface area (Å²) in [6.45, 7) is 15.8. The van der Waals surface area contributed by atoms with Gasteiger partial charge < -0.3 is 4.74 Å². The van der Waals surface area contributed by atoms with Crippen LogP contribution in [-0.2, 0) is 0 Å². The average Bonchev–Trinajstić information content (AvgIpc) is 2.59. The zero-order valence-corrected chi connectivity index (χ0v) is 16.0. The summed E-state index contributed by atoms with van der Waals surface area (Å²) < 4.78 is 5.68. The third kappa shape index (κ3) is 8.04. The quantitative estimate of drug-likeness (QED) is 0.581. The van der Waals surface area contributed by atoms with Crippen LogP contribution in [0.15, 0.2) is 36.4 Å². The second-order valence-electron chi connectivity index (χ2n) is 3.59. The standard InChI is InChI=1S/C13H12ClNO.3C2H6/c1-9-8-12(14)10(2)13(15-9)16-11-6-4-3-5-7-11;3*1-2/h3-8H,1-2H3;3*1-2H3. The number of rotatable bonds is 2. The van der Waals surface area contributed by atoms with E-state index in [1.807, 2.05) is 91.8 Å². The van der Waals surface area contributed by atoms with E-state index in [1.165, 1.54) is 0 Å². The summed E-state index contributed by atoms with van der Waals surface area (Å²) >= 11 is 6.07. The predicted molar refractivity (Wildman–Crippen MR) is 99.3 cm³/mol. The summed E-state index contributed by atoms with van der Waals surface area (Å²) in [5.74, 6) is 1.33. The molecule has 0 aliphatic rings. The van der Waals surface area contributed by atoms with Crippen molar-refractivity contribution in [3.05, 3.63) is 52.7 Å². The second-order valence-corrected chi connectivity index (χ2v) is 4.00. The van der Waals surface area contributed by atoms with Gasteiger partial charge in [-0.25, -0.2) is 4.98 Å². The summed E-state index contributed by atoms with van der Waals surface area (Å²) in [5, 5.41) is 0.679. The molecule has 1 heterocycles. The summed E-state index contributed by atoms with van der Waals surface area (Å²) in [4.78, 5) is 4.32. The molecule has 0 spiro atoms. The molecular formula is C19H30ClNO. The smallest absolute Gasteiger partial charge is 0.223 e. The maximum atomic E-state index is 6.07. The minimum absolute atomic E-state index is 0.566. The lowest BCUT2D eigenvalue weighted by molar-refractivity contribution is 0.457. The van der Waals surface area contributed by atoms with E-state index < -0.39 is 0 Å². The fraction of sp³-hybridized carbons (Fsp3) is 0.421. The maximum Gasteiger partial charge on any atom is 0.223 e. The molecule has 0 bridgehead atoms. The van der Waals surface area contributed by atoms with Crippen molar-refractivity contribution in [2.24, 2.45) is 0 Å². The van der Waals surface area contributed by atoms with E-state index in [0.29, 0.717) is 10.9 Å². The number of nitrogens with zero attached hydrogens (tertiary/aromatic N) is 1. The zero-order chi connectivity index (χ0) is 17.5. The fourth-order valence-electron chi connectivity index (χ4n) is 1.37. The number of aryl methyl sites for hydroxylation is 1. The van der Waals surface area contributed by atoms with Crippen LogP contribution in [0.2, 0.25) is 5.02 Å². The van der Waals surface area contributed by atoms with E-state index in [2.05, 4.69) is 4.98 Å². The van der Waals surface area contributed by atoms with Crippen LogP contribution in [0, 0.1) is 13.8 Å². The Morgan fingerprint density at radius 2 is 1.36 bits per heavy atom. The third-order valence-corrected chi connectivity index (χ3v) is 2.64. The lowest BCUT2D eigenvalue weighted by Crippen LogP contribution is -1.94. The normalized spacial score (nSPS) is 8.23. The highest BCUT2D eigenvalue weighted by Crippen LogP contribution is 2.28. The van der Waals surface area contributed by atoms with Crippen LogP contribution < -0.4 is 4.74 Å². The van der Waals surface area contributed by atoms with E-state index in [1.54, 1.807) is 0 Å². The van der Waals surface area contributed by atoms with Crippen molar-refractivity contribution in [1.82, 2.24) is 4.98 Å². The zero-order valence-electron chi connectivity index (χ0n) is 15.2. The second kappa shape index (κ2) is 14.4. The molecule has 1 aromatic carbocycles. The molecule has 0 aliphatic carbocycles.